The Bertz CT molecular complexity index is 1000. The quantitative estimate of drug-likeness (QED) is 0.527. The Hall–Kier alpha value is -2.86. The van der Waals surface area contributed by atoms with Crippen LogP contribution in [0.1, 0.15) is 42.1 Å². The molecule has 7 heteroatoms. The molecule has 0 radical (unpaired) electrons. The third-order valence-electron chi connectivity index (χ3n) is 5.59. The lowest BCUT2D eigenvalue weighted by atomic mass is 10.1. The van der Waals surface area contributed by atoms with Crippen molar-refractivity contribution in [2.45, 2.75) is 38.2 Å². The Morgan fingerprint density at radius 3 is 2.74 bits per heavy atom. The molecule has 1 N–H and O–H groups in total. The van der Waals surface area contributed by atoms with Crippen LogP contribution in [0.5, 0.6) is 5.75 Å². The van der Waals surface area contributed by atoms with Crippen LogP contribution in [0, 0.1) is 5.82 Å². The van der Waals surface area contributed by atoms with E-state index in [0.29, 0.717) is 24.6 Å². The maximum atomic E-state index is 13.0. The zero-order valence-corrected chi connectivity index (χ0v) is 17.9. The summed E-state index contributed by atoms with van der Waals surface area (Å²) in [5.41, 5.74) is 2.92. The van der Waals surface area contributed by atoms with Crippen LogP contribution in [0.15, 0.2) is 54.6 Å². The van der Waals surface area contributed by atoms with E-state index in [1.54, 1.807) is 24.3 Å². The van der Waals surface area contributed by atoms with Gasteiger partial charge in [0.05, 0.1) is 11.4 Å². The van der Waals surface area contributed by atoms with Gasteiger partial charge in [0.1, 0.15) is 18.2 Å². The molecule has 5 nitrogen and oxygen atoms in total. The number of rotatable bonds is 8. The standard InChI is InChI=1S/C24H25ClFN3O2/c25-19-6-10-22(11-7-19)31-16-21-14-23(28-27-21)18-12-13-29(15-18)24(30)3-1-2-17-4-8-20(26)9-5-17/h4-11,14,18H,1-3,12-13,15-16H2,(H,27,28). The average molecular weight is 442 g/mol. The van der Waals surface area contributed by atoms with Crippen LogP contribution in [0.25, 0.3) is 0 Å². The lowest BCUT2D eigenvalue weighted by Gasteiger charge is -2.16. The van der Waals surface area contributed by atoms with Gasteiger partial charge in [-0.25, -0.2) is 4.39 Å². The van der Waals surface area contributed by atoms with E-state index >= 15 is 0 Å². The lowest BCUT2D eigenvalue weighted by Crippen LogP contribution is -2.28. The van der Waals surface area contributed by atoms with Gasteiger partial charge in [0.15, 0.2) is 0 Å². The largest absolute Gasteiger partial charge is 0.487 e. The van der Waals surface area contributed by atoms with E-state index in [2.05, 4.69) is 10.2 Å². The summed E-state index contributed by atoms with van der Waals surface area (Å²) in [7, 11) is 0. The number of aromatic amines is 1. The van der Waals surface area contributed by atoms with E-state index in [-0.39, 0.29) is 17.6 Å². The highest BCUT2D eigenvalue weighted by molar-refractivity contribution is 6.30. The van der Waals surface area contributed by atoms with E-state index in [9.17, 15) is 9.18 Å². The van der Waals surface area contributed by atoms with Gasteiger partial charge >= 0.3 is 0 Å². The van der Waals surface area contributed by atoms with Crippen molar-refractivity contribution in [2.75, 3.05) is 13.1 Å². The van der Waals surface area contributed by atoms with Gasteiger partial charge < -0.3 is 9.64 Å². The highest BCUT2D eigenvalue weighted by Gasteiger charge is 2.28. The van der Waals surface area contributed by atoms with Gasteiger partial charge in [-0.1, -0.05) is 23.7 Å². The first-order valence-electron chi connectivity index (χ1n) is 10.5. The van der Waals surface area contributed by atoms with Crippen LogP contribution in [0.4, 0.5) is 4.39 Å². The first kappa shape index (κ1) is 21.4. The number of hydrogen-bond donors (Lipinski definition) is 1. The van der Waals surface area contributed by atoms with Crippen LogP contribution in [-0.2, 0) is 17.8 Å². The number of halogens is 2. The van der Waals surface area contributed by atoms with Crippen molar-refractivity contribution in [3.63, 3.8) is 0 Å². The average Bonchev–Trinajstić information content (AvgIpc) is 3.44. The SMILES string of the molecule is O=C(CCCc1ccc(F)cc1)N1CCC(c2cc(COc3ccc(Cl)cc3)[nH]n2)C1. The molecule has 3 aromatic rings. The number of amides is 1. The number of carbonyl (C=O) groups is 1. The summed E-state index contributed by atoms with van der Waals surface area (Å²) >= 11 is 5.89. The van der Waals surface area contributed by atoms with Crippen LogP contribution in [-0.4, -0.2) is 34.1 Å². The Balaban J connectivity index is 1.22. The fraction of sp³-hybridized carbons (Fsp3) is 0.333. The molecular weight excluding hydrogens is 417 g/mol. The van der Waals surface area contributed by atoms with Crippen molar-refractivity contribution in [1.82, 2.24) is 15.1 Å². The summed E-state index contributed by atoms with van der Waals surface area (Å²) < 4.78 is 18.7. The number of carbonyl (C=O) groups excluding carboxylic acids is 1. The molecule has 0 spiro atoms. The molecule has 1 aliphatic rings. The third-order valence-corrected chi connectivity index (χ3v) is 5.84. The Morgan fingerprint density at radius 2 is 1.97 bits per heavy atom. The summed E-state index contributed by atoms with van der Waals surface area (Å²) in [4.78, 5) is 14.5. The summed E-state index contributed by atoms with van der Waals surface area (Å²) in [5, 5.41) is 8.14. The van der Waals surface area contributed by atoms with Crippen LogP contribution >= 0.6 is 11.6 Å². The number of benzene rings is 2. The Morgan fingerprint density at radius 1 is 1.19 bits per heavy atom. The van der Waals surface area contributed by atoms with E-state index in [1.807, 2.05) is 23.1 Å². The maximum absolute atomic E-state index is 13.0. The molecule has 1 aromatic heterocycles. The zero-order chi connectivity index (χ0) is 21.6. The molecular formula is C24H25ClFN3O2. The molecule has 1 amide bonds. The van der Waals surface area contributed by atoms with Crippen molar-refractivity contribution < 1.29 is 13.9 Å². The van der Waals surface area contributed by atoms with Gasteiger partial charge in [-0.05, 0) is 67.3 Å². The molecule has 0 aliphatic carbocycles. The second kappa shape index (κ2) is 9.96. The zero-order valence-electron chi connectivity index (χ0n) is 17.2. The van der Waals surface area contributed by atoms with Gasteiger partial charge in [0.25, 0.3) is 0 Å². The fourth-order valence-corrected chi connectivity index (χ4v) is 3.96. The molecule has 0 saturated carbocycles. The van der Waals surface area contributed by atoms with Crippen molar-refractivity contribution in [3.05, 3.63) is 82.4 Å². The number of hydrogen-bond acceptors (Lipinski definition) is 3. The summed E-state index contributed by atoms with van der Waals surface area (Å²) in [6, 6.07) is 15.7. The Kier molecular flexibility index (Phi) is 6.87. The molecule has 1 atom stereocenters. The lowest BCUT2D eigenvalue weighted by molar-refractivity contribution is -0.130. The highest BCUT2D eigenvalue weighted by Crippen LogP contribution is 2.27. The topological polar surface area (TPSA) is 58.2 Å². The number of likely N-dealkylation sites (tertiary alicyclic amines) is 1. The van der Waals surface area contributed by atoms with Crippen molar-refractivity contribution >= 4 is 17.5 Å². The first-order valence-corrected chi connectivity index (χ1v) is 10.9. The second-order valence-electron chi connectivity index (χ2n) is 7.87. The monoisotopic (exact) mass is 441 g/mol. The normalized spacial score (nSPS) is 15.9. The third kappa shape index (κ3) is 5.85. The van der Waals surface area contributed by atoms with Crippen molar-refractivity contribution in [2.24, 2.45) is 0 Å². The minimum absolute atomic E-state index is 0.173. The van der Waals surface area contributed by atoms with E-state index in [4.69, 9.17) is 16.3 Å². The summed E-state index contributed by atoms with van der Waals surface area (Å²) in [5.74, 6) is 0.924. The van der Waals surface area contributed by atoms with E-state index in [0.717, 1.165) is 48.5 Å². The van der Waals surface area contributed by atoms with Gasteiger partial charge in [0.2, 0.25) is 5.91 Å². The number of nitrogens with one attached hydrogen (secondary N) is 1. The minimum Gasteiger partial charge on any atom is -0.487 e. The summed E-state index contributed by atoms with van der Waals surface area (Å²) in [6.45, 7) is 1.84. The number of nitrogens with zero attached hydrogens (tertiary/aromatic N) is 2. The first-order chi connectivity index (χ1) is 15.1. The molecule has 2 aromatic carbocycles. The van der Waals surface area contributed by atoms with Crippen LogP contribution in [0.3, 0.4) is 0 Å². The van der Waals surface area contributed by atoms with Gasteiger partial charge in [0, 0.05) is 30.5 Å². The number of H-pyrrole nitrogens is 1. The van der Waals surface area contributed by atoms with Crippen molar-refractivity contribution in [1.29, 1.82) is 0 Å². The smallest absolute Gasteiger partial charge is 0.222 e. The van der Waals surface area contributed by atoms with Crippen LogP contribution < -0.4 is 4.74 Å². The Labute approximate surface area is 186 Å². The minimum atomic E-state index is -0.235. The molecule has 0 bridgehead atoms. The molecule has 1 unspecified atom stereocenters. The van der Waals surface area contributed by atoms with E-state index in [1.165, 1.54) is 12.1 Å². The molecule has 1 fully saturated rings. The number of ether oxygens (including phenoxy) is 1. The van der Waals surface area contributed by atoms with Crippen LogP contribution in [0.2, 0.25) is 5.02 Å². The van der Waals surface area contributed by atoms with Gasteiger partial charge in [-0.15, -0.1) is 0 Å². The number of aryl methyl sites for hydroxylation is 1. The highest BCUT2D eigenvalue weighted by atomic mass is 35.5. The molecule has 162 valence electrons. The molecule has 31 heavy (non-hydrogen) atoms. The van der Waals surface area contributed by atoms with Crippen molar-refractivity contribution in [3.8, 4) is 5.75 Å². The molecule has 1 saturated heterocycles. The molecule has 2 heterocycles. The number of aromatic nitrogens is 2. The fourth-order valence-electron chi connectivity index (χ4n) is 3.84. The summed E-state index contributed by atoms with van der Waals surface area (Å²) in [6.07, 6.45) is 2.96. The molecule has 4 rings (SSSR count). The predicted octanol–water partition coefficient (Wildman–Crippen LogP) is 5.12. The van der Waals surface area contributed by atoms with Gasteiger partial charge in [-0.3, -0.25) is 9.89 Å². The van der Waals surface area contributed by atoms with Gasteiger partial charge in [-0.2, -0.15) is 5.10 Å². The van der Waals surface area contributed by atoms with E-state index < -0.39 is 0 Å². The maximum Gasteiger partial charge on any atom is 0.222 e. The molecule has 1 aliphatic heterocycles. The predicted molar refractivity (Wildman–Crippen MR) is 118 cm³/mol. The second-order valence-corrected chi connectivity index (χ2v) is 8.30.